The van der Waals surface area contributed by atoms with Crippen molar-refractivity contribution in [1.29, 1.82) is 0 Å². The molecular weight excluding hydrogens is 234 g/mol. The Labute approximate surface area is 107 Å². The number of ether oxygens (including phenoxy) is 1. The van der Waals surface area contributed by atoms with Gasteiger partial charge in [0.2, 0.25) is 0 Å². The van der Waals surface area contributed by atoms with E-state index >= 15 is 0 Å². The van der Waals surface area contributed by atoms with Crippen LogP contribution in [0.3, 0.4) is 0 Å². The number of rotatable bonds is 5. The van der Waals surface area contributed by atoms with Crippen LogP contribution in [0.15, 0.2) is 5.38 Å². The molecule has 1 aliphatic heterocycles. The van der Waals surface area contributed by atoms with Crippen LogP contribution in [0.4, 0.5) is 10.9 Å². The number of anilines is 2. The third kappa shape index (κ3) is 3.57. The smallest absolute Gasteiger partial charge is 0.187 e. The molecule has 17 heavy (non-hydrogen) atoms. The molecule has 0 spiro atoms. The predicted octanol–water partition coefficient (Wildman–Crippen LogP) is 2.37. The van der Waals surface area contributed by atoms with Crippen molar-refractivity contribution in [3.63, 3.8) is 0 Å². The molecule has 0 aliphatic carbocycles. The molecular formula is C12H21N3OS. The van der Waals surface area contributed by atoms with Gasteiger partial charge in [0.05, 0.1) is 6.61 Å². The zero-order valence-electron chi connectivity index (χ0n) is 10.4. The fourth-order valence-corrected chi connectivity index (χ4v) is 2.94. The molecule has 0 bridgehead atoms. The summed E-state index contributed by atoms with van der Waals surface area (Å²) in [6, 6.07) is 0. The van der Waals surface area contributed by atoms with Crippen molar-refractivity contribution in [1.82, 2.24) is 4.98 Å². The van der Waals surface area contributed by atoms with Gasteiger partial charge in [0.1, 0.15) is 5.82 Å². The van der Waals surface area contributed by atoms with Crippen LogP contribution in [0.1, 0.15) is 26.2 Å². The van der Waals surface area contributed by atoms with E-state index in [0.717, 1.165) is 37.9 Å². The second-order valence-electron chi connectivity index (χ2n) is 4.58. The number of piperidine rings is 1. The summed E-state index contributed by atoms with van der Waals surface area (Å²) in [6.45, 7) is 6.05. The number of nitrogens with two attached hydrogens (primary N) is 1. The number of nitrogen functional groups attached to an aromatic ring is 1. The largest absolute Gasteiger partial charge is 0.383 e. The van der Waals surface area contributed by atoms with Gasteiger partial charge in [0, 0.05) is 25.1 Å². The first-order valence-corrected chi connectivity index (χ1v) is 7.21. The van der Waals surface area contributed by atoms with Gasteiger partial charge in [-0.3, -0.25) is 0 Å². The lowest BCUT2D eigenvalue weighted by molar-refractivity contribution is 0.0940. The number of aromatic nitrogens is 1. The van der Waals surface area contributed by atoms with Crippen LogP contribution in [0, 0.1) is 5.92 Å². The first kappa shape index (κ1) is 12.6. The number of hydrogen-bond acceptors (Lipinski definition) is 5. The van der Waals surface area contributed by atoms with E-state index in [2.05, 4.69) is 16.8 Å². The molecule has 1 fully saturated rings. The molecule has 1 unspecified atom stereocenters. The third-order valence-electron chi connectivity index (χ3n) is 3.00. The zero-order chi connectivity index (χ0) is 12.1. The lowest BCUT2D eigenvalue weighted by Crippen LogP contribution is -2.37. The molecule has 0 amide bonds. The van der Waals surface area contributed by atoms with Crippen LogP contribution in [0.5, 0.6) is 0 Å². The molecule has 1 saturated heterocycles. The third-order valence-corrected chi connectivity index (χ3v) is 3.92. The monoisotopic (exact) mass is 255 g/mol. The van der Waals surface area contributed by atoms with E-state index in [4.69, 9.17) is 10.5 Å². The normalized spacial score (nSPS) is 20.8. The van der Waals surface area contributed by atoms with E-state index in [1.807, 2.05) is 5.38 Å². The summed E-state index contributed by atoms with van der Waals surface area (Å²) in [7, 11) is 0. The summed E-state index contributed by atoms with van der Waals surface area (Å²) in [5.41, 5.74) is 5.67. The number of thiazole rings is 1. The Hall–Kier alpha value is -0.810. The van der Waals surface area contributed by atoms with Gasteiger partial charge < -0.3 is 15.4 Å². The van der Waals surface area contributed by atoms with Crippen LogP contribution < -0.4 is 10.6 Å². The standard InChI is InChI=1S/C12H21N3OS/c1-2-6-16-8-10-4-3-5-15(7-10)12-14-11(13)9-17-12/h9-10H,2-8,13H2,1H3. The van der Waals surface area contributed by atoms with Crippen molar-refractivity contribution >= 4 is 22.3 Å². The maximum absolute atomic E-state index is 5.67. The van der Waals surface area contributed by atoms with Gasteiger partial charge in [-0.1, -0.05) is 6.92 Å². The second kappa shape index (κ2) is 6.21. The van der Waals surface area contributed by atoms with Crippen LogP contribution in [-0.2, 0) is 4.74 Å². The predicted molar refractivity (Wildman–Crippen MR) is 72.6 cm³/mol. The summed E-state index contributed by atoms with van der Waals surface area (Å²) in [6.07, 6.45) is 3.58. The average Bonchev–Trinajstić information content (AvgIpc) is 2.77. The summed E-state index contributed by atoms with van der Waals surface area (Å²) >= 11 is 1.64. The van der Waals surface area contributed by atoms with Crippen LogP contribution in [0.2, 0.25) is 0 Å². The fourth-order valence-electron chi connectivity index (χ4n) is 2.19. The minimum atomic E-state index is 0.634. The summed E-state index contributed by atoms with van der Waals surface area (Å²) in [5, 5.41) is 2.97. The first-order chi connectivity index (χ1) is 8.29. The van der Waals surface area contributed by atoms with Gasteiger partial charge in [0.15, 0.2) is 5.13 Å². The molecule has 0 aromatic carbocycles. The van der Waals surface area contributed by atoms with Crippen molar-refractivity contribution in [3.05, 3.63) is 5.38 Å². The quantitative estimate of drug-likeness (QED) is 0.821. The number of hydrogen-bond donors (Lipinski definition) is 1. The van der Waals surface area contributed by atoms with Crippen molar-refractivity contribution in [2.75, 3.05) is 36.9 Å². The maximum Gasteiger partial charge on any atom is 0.187 e. The molecule has 1 aliphatic rings. The van der Waals surface area contributed by atoms with E-state index in [0.29, 0.717) is 11.7 Å². The van der Waals surface area contributed by atoms with Crippen molar-refractivity contribution < 1.29 is 4.74 Å². The van der Waals surface area contributed by atoms with Crippen molar-refractivity contribution in [3.8, 4) is 0 Å². The summed E-state index contributed by atoms with van der Waals surface area (Å²) in [4.78, 5) is 6.68. The van der Waals surface area contributed by atoms with E-state index in [9.17, 15) is 0 Å². The van der Waals surface area contributed by atoms with Gasteiger partial charge in [0.25, 0.3) is 0 Å². The highest BCUT2D eigenvalue weighted by molar-refractivity contribution is 7.14. The first-order valence-electron chi connectivity index (χ1n) is 6.33. The highest BCUT2D eigenvalue weighted by Crippen LogP contribution is 2.27. The highest BCUT2D eigenvalue weighted by atomic mass is 32.1. The summed E-state index contributed by atoms with van der Waals surface area (Å²) in [5.74, 6) is 1.27. The Kier molecular flexibility index (Phi) is 4.62. The lowest BCUT2D eigenvalue weighted by atomic mass is 9.99. The molecule has 0 saturated carbocycles. The molecule has 1 aromatic heterocycles. The summed E-state index contributed by atoms with van der Waals surface area (Å²) < 4.78 is 5.64. The molecule has 2 heterocycles. The van der Waals surface area contributed by atoms with E-state index in [1.165, 1.54) is 12.8 Å². The minimum absolute atomic E-state index is 0.634. The average molecular weight is 255 g/mol. The van der Waals surface area contributed by atoms with Gasteiger partial charge in [-0.15, -0.1) is 11.3 Å². The SMILES string of the molecule is CCCOCC1CCCN(c2nc(N)cs2)C1. The Bertz CT molecular complexity index is 342. The second-order valence-corrected chi connectivity index (χ2v) is 5.42. The fraction of sp³-hybridized carbons (Fsp3) is 0.750. The highest BCUT2D eigenvalue weighted by Gasteiger charge is 2.21. The minimum Gasteiger partial charge on any atom is -0.383 e. The van der Waals surface area contributed by atoms with Gasteiger partial charge in [-0.25, -0.2) is 4.98 Å². The topological polar surface area (TPSA) is 51.4 Å². The maximum atomic E-state index is 5.67. The van der Waals surface area contributed by atoms with Crippen LogP contribution in [-0.4, -0.2) is 31.3 Å². The van der Waals surface area contributed by atoms with Gasteiger partial charge in [-0.2, -0.15) is 0 Å². The Balaban J connectivity index is 1.84. The molecule has 5 heteroatoms. The molecule has 4 nitrogen and oxygen atoms in total. The Morgan fingerprint density at radius 2 is 2.53 bits per heavy atom. The molecule has 2 rings (SSSR count). The van der Waals surface area contributed by atoms with Gasteiger partial charge >= 0.3 is 0 Å². The zero-order valence-corrected chi connectivity index (χ0v) is 11.2. The molecule has 1 aromatic rings. The van der Waals surface area contributed by atoms with Crippen molar-refractivity contribution in [2.24, 2.45) is 5.92 Å². The number of nitrogens with zero attached hydrogens (tertiary/aromatic N) is 2. The van der Waals surface area contributed by atoms with Crippen LogP contribution >= 0.6 is 11.3 Å². The Morgan fingerprint density at radius 3 is 3.24 bits per heavy atom. The van der Waals surface area contributed by atoms with Gasteiger partial charge in [-0.05, 0) is 25.2 Å². The van der Waals surface area contributed by atoms with E-state index in [-0.39, 0.29) is 0 Å². The van der Waals surface area contributed by atoms with Crippen molar-refractivity contribution in [2.45, 2.75) is 26.2 Å². The van der Waals surface area contributed by atoms with E-state index < -0.39 is 0 Å². The molecule has 2 N–H and O–H groups in total. The van der Waals surface area contributed by atoms with E-state index in [1.54, 1.807) is 11.3 Å². The van der Waals surface area contributed by atoms with Crippen LogP contribution in [0.25, 0.3) is 0 Å². The molecule has 0 radical (unpaired) electrons. The lowest BCUT2D eigenvalue weighted by Gasteiger charge is -2.32. The molecule has 96 valence electrons. The molecule has 1 atom stereocenters. The Morgan fingerprint density at radius 1 is 1.65 bits per heavy atom.